The topological polar surface area (TPSA) is 75.1 Å². The van der Waals surface area contributed by atoms with Gasteiger partial charge in [0.1, 0.15) is 16.9 Å². The van der Waals surface area contributed by atoms with Crippen LogP contribution in [0.15, 0.2) is 42.6 Å². The van der Waals surface area contributed by atoms with E-state index in [4.69, 9.17) is 11.6 Å². The van der Waals surface area contributed by atoms with Gasteiger partial charge in [0.15, 0.2) is 0 Å². The van der Waals surface area contributed by atoms with Gasteiger partial charge in [0.25, 0.3) is 0 Å². The molecule has 0 spiro atoms. The van der Waals surface area contributed by atoms with Crippen LogP contribution in [0.1, 0.15) is 25.0 Å². The van der Waals surface area contributed by atoms with Crippen LogP contribution in [0, 0.1) is 0 Å². The largest absolute Gasteiger partial charge is 0.386 e. The first kappa shape index (κ1) is 17.5. The molecule has 2 heterocycles. The predicted octanol–water partition coefficient (Wildman–Crippen LogP) is 4.54. The minimum atomic E-state index is -0.673. The van der Waals surface area contributed by atoms with E-state index in [0.29, 0.717) is 15.8 Å². The summed E-state index contributed by atoms with van der Waals surface area (Å²) in [6.45, 7) is 3.11. The molecule has 0 saturated heterocycles. The van der Waals surface area contributed by atoms with Crippen molar-refractivity contribution in [1.82, 2.24) is 9.97 Å². The molecule has 3 aromatic rings. The molecule has 0 aliphatic rings. The first-order valence-corrected chi connectivity index (χ1v) is 8.82. The highest BCUT2D eigenvalue weighted by Crippen LogP contribution is 2.39. The standard InChI is InChI=1S/C18H16ClN3O2S/c1-10(23)18-22-16(12-4-3-5-14(19)8-12)17(25-18)13-6-7-20-15(9-13)21-11(2)24/h3-10,23H,1-2H3,(H,20,21,24)/t10-/m0/s1. The average molecular weight is 374 g/mol. The Morgan fingerprint density at radius 1 is 1.28 bits per heavy atom. The molecule has 1 amide bonds. The molecule has 2 aromatic heterocycles. The van der Waals surface area contributed by atoms with Gasteiger partial charge in [-0.2, -0.15) is 0 Å². The highest BCUT2D eigenvalue weighted by molar-refractivity contribution is 7.15. The number of nitrogens with one attached hydrogen (secondary N) is 1. The molecule has 5 nitrogen and oxygen atoms in total. The molecule has 25 heavy (non-hydrogen) atoms. The second kappa shape index (κ2) is 7.31. The molecule has 0 unspecified atom stereocenters. The third kappa shape index (κ3) is 4.04. The molecule has 0 saturated carbocycles. The van der Waals surface area contributed by atoms with E-state index in [-0.39, 0.29) is 5.91 Å². The Hall–Kier alpha value is -2.28. The number of pyridine rings is 1. The smallest absolute Gasteiger partial charge is 0.222 e. The van der Waals surface area contributed by atoms with Gasteiger partial charge in [0.2, 0.25) is 5.91 Å². The lowest BCUT2D eigenvalue weighted by Crippen LogP contribution is -2.07. The number of anilines is 1. The van der Waals surface area contributed by atoms with E-state index in [0.717, 1.165) is 21.7 Å². The van der Waals surface area contributed by atoms with E-state index >= 15 is 0 Å². The van der Waals surface area contributed by atoms with Crippen LogP contribution in [0.2, 0.25) is 5.02 Å². The van der Waals surface area contributed by atoms with Crippen molar-refractivity contribution in [2.75, 3.05) is 5.32 Å². The van der Waals surface area contributed by atoms with E-state index in [2.05, 4.69) is 15.3 Å². The second-order valence-corrected chi connectivity index (χ2v) is 6.99. The van der Waals surface area contributed by atoms with Crippen LogP contribution >= 0.6 is 22.9 Å². The summed E-state index contributed by atoms with van der Waals surface area (Å²) >= 11 is 7.52. The molecule has 0 radical (unpaired) electrons. The lowest BCUT2D eigenvalue weighted by molar-refractivity contribution is -0.114. The van der Waals surface area contributed by atoms with Gasteiger partial charge in [-0.3, -0.25) is 4.79 Å². The van der Waals surface area contributed by atoms with Crippen molar-refractivity contribution >= 4 is 34.7 Å². The van der Waals surface area contributed by atoms with Crippen LogP contribution < -0.4 is 5.32 Å². The van der Waals surface area contributed by atoms with Crippen molar-refractivity contribution in [1.29, 1.82) is 0 Å². The molecular weight excluding hydrogens is 358 g/mol. The summed E-state index contributed by atoms with van der Waals surface area (Å²) in [4.78, 5) is 20.9. The molecule has 7 heteroatoms. The summed E-state index contributed by atoms with van der Waals surface area (Å²) < 4.78 is 0. The number of carbonyl (C=O) groups excluding carboxylic acids is 1. The first-order chi connectivity index (χ1) is 11.9. The molecule has 0 fully saturated rings. The molecule has 0 aliphatic heterocycles. The maximum atomic E-state index is 11.3. The van der Waals surface area contributed by atoms with Gasteiger partial charge < -0.3 is 10.4 Å². The predicted molar refractivity (Wildman–Crippen MR) is 101 cm³/mol. The van der Waals surface area contributed by atoms with Crippen molar-refractivity contribution in [2.24, 2.45) is 0 Å². The molecule has 0 aliphatic carbocycles. The zero-order valence-electron chi connectivity index (χ0n) is 13.7. The van der Waals surface area contributed by atoms with E-state index in [1.165, 1.54) is 18.3 Å². The number of carbonyl (C=O) groups is 1. The fraction of sp³-hybridized carbons (Fsp3) is 0.167. The fourth-order valence-electron chi connectivity index (χ4n) is 2.36. The molecule has 0 bridgehead atoms. The van der Waals surface area contributed by atoms with Crippen molar-refractivity contribution in [3.63, 3.8) is 0 Å². The third-order valence-electron chi connectivity index (χ3n) is 3.43. The molecule has 1 aromatic carbocycles. The molecule has 2 N–H and O–H groups in total. The van der Waals surface area contributed by atoms with Crippen LogP contribution in [0.3, 0.4) is 0 Å². The van der Waals surface area contributed by atoms with Gasteiger partial charge in [-0.05, 0) is 36.8 Å². The van der Waals surface area contributed by atoms with E-state index < -0.39 is 6.10 Å². The van der Waals surface area contributed by atoms with Gasteiger partial charge in [0.05, 0.1) is 10.6 Å². The Kier molecular flexibility index (Phi) is 5.13. The number of aromatic nitrogens is 2. The lowest BCUT2D eigenvalue weighted by atomic mass is 10.1. The zero-order chi connectivity index (χ0) is 18.0. The normalized spacial score (nSPS) is 12.0. The van der Waals surface area contributed by atoms with Crippen LogP contribution in [0.25, 0.3) is 21.7 Å². The Balaban J connectivity index is 2.13. The summed E-state index contributed by atoms with van der Waals surface area (Å²) in [5.41, 5.74) is 2.46. The Morgan fingerprint density at radius 2 is 2.08 bits per heavy atom. The molecule has 1 atom stereocenters. The molecular formula is C18H16ClN3O2S. The number of aliphatic hydroxyl groups excluding tert-OH is 1. The second-order valence-electron chi connectivity index (χ2n) is 5.53. The minimum absolute atomic E-state index is 0.186. The zero-order valence-corrected chi connectivity index (χ0v) is 15.2. The minimum Gasteiger partial charge on any atom is -0.386 e. The van der Waals surface area contributed by atoms with E-state index in [1.807, 2.05) is 24.3 Å². The lowest BCUT2D eigenvalue weighted by Gasteiger charge is -2.06. The van der Waals surface area contributed by atoms with Gasteiger partial charge >= 0.3 is 0 Å². The van der Waals surface area contributed by atoms with Gasteiger partial charge in [-0.1, -0.05) is 23.7 Å². The first-order valence-electron chi connectivity index (χ1n) is 7.63. The quantitative estimate of drug-likeness (QED) is 0.704. The number of halogens is 1. The fourth-order valence-corrected chi connectivity index (χ4v) is 3.57. The van der Waals surface area contributed by atoms with Crippen molar-refractivity contribution < 1.29 is 9.90 Å². The summed E-state index contributed by atoms with van der Waals surface area (Å²) in [6.07, 6.45) is 0.956. The van der Waals surface area contributed by atoms with Crippen molar-refractivity contribution in [2.45, 2.75) is 20.0 Å². The van der Waals surface area contributed by atoms with E-state index in [1.54, 1.807) is 25.3 Å². The summed E-state index contributed by atoms with van der Waals surface area (Å²) in [6, 6.07) is 11.0. The number of aliphatic hydroxyl groups is 1. The van der Waals surface area contributed by atoms with Crippen LogP contribution in [0.5, 0.6) is 0 Å². The monoisotopic (exact) mass is 373 g/mol. The van der Waals surface area contributed by atoms with Crippen LogP contribution in [-0.4, -0.2) is 21.0 Å². The Bertz CT molecular complexity index is 924. The van der Waals surface area contributed by atoms with Gasteiger partial charge in [-0.25, -0.2) is 9.97 Å². The summed E-state index contributed by atoms with van der Waals surface area (Å²) in [5.74, 6) is 0.280. The number of amides is 1. The maximum absolute atomic E-state index is 11.3. The number of benzene rings is 1. The highest BCUT2D eigenvalue weighted by Gasteiger charge is 2.18. The number of hydrogen-bond acceptors (Lipinski definition) is 5. The SMILES string of the molecule is CC(=O)Nc1cc(-c2sc([C@H](C)O)nc2-c2cccc(Cl)c2)ccn1. The van der Waals surface area contributed by atoms with Gasteiger partial charge in [-0.15, -0.1) is 11.3 Å². The van der Waals surface area contributed by atoms with Crippen molar-refractivity contribution in [3.8, 4) is 21.7 Å². The number of hydrogen-bond donors (Lipinski definition) is 2. The number of thiazole rings is 1. The Morgan fingerprint density at radius 3 is 2.76 bits per heavy atom. The average Bonchev–Trinajstić information content (AvgIpc) is 3.00. The number of rotatable bonds is 4. The summed E-state index contributed by atoms with van der Waals surface area (Å²) in [7, 11) is 0. The highest BCUT2D eigenvalue weighted by atomic mass is 35.5. The van der Waals surface area contributed by atoms with Crippen LogP contribution in [0.4, 0.5) is 5.82 Å². The maximum Gasteiger partial charge on any atom is 0.222 e. The van der Waals surface area contributed by atoms with Gasteiger partial charge in [0, 0.05) is 23.7 Å². The van der Waals surface area contributed by atoms with Crippen molar-refractivity contribution in [3.05, 3.63) is 52.6 Å². The molecule has 3 rings (SSSR count). The van der Waals surface area contributed by atoms with E-state index in [9.17, 15) is 9.90 Å². The molecule has 128 valence electrons. The summed E-state index contributed by atoms with van der Waals surface area (Å²) in [5, 5.41) is 13.8. The number of nitrogens with zero attached hydrogens (tertiary/aromatic N) is 2. The Labute approximate surface area is 154 Å². The van der Waals surface area contributed by atoms with Crippen LogP contribution in [-0.2, 0) is 4.79 Å². The third-order valence-corrected chi connectivity index (χ3v) is 4.94.